The van der Waals surface area contributed by atoms with Gasteiger partial charge in [0.15, 0.2) is 5.96 Å². The van der Waals surface area contributed by atoms with Crippen LogP contribution in [0.25, 0.3) is 0 Å². The number of thioether (sulfide) groups is 1. The van der Waals surface area contributed by atoms with Crippen molar-refractivity contribution in [2.75, 3.05) is 37.1 Å². The van der Waals surface area contributed by atoms with Crippen LogP contribution in [0.15, 0.2) is 23.2 Å². The standard InChI is InChI=1S/C16H27N3O2S/c1-4-20-13-8-9-15(21-5-2)14(12-13)19-16(17)18-10-6-7-11-22-3/h8-9,12H,4-7,10-11H2,1-3H3,(H3,17,18,19). The van der Waals surface area contributed by atoms with E-state index in [9.17, 15) is 0 Å². The summed E-state index contributed by atoms with van der Waals surface area (Å²) < 4.78 is 11.1. The van der Waals surface area contributed by atoms with Gasteiger partial charge in [0.25, 0.3) is 0 Å². The van der Waals surface area contributed by atoms with Crippen LogP contribution in [0.4, 0.5) is 5.69 Å². The molecule has 0 radical (unpaired) electrons. The number of nitrogens with zero attached hydrogens (tertiary/aromatic N) is 1. The van der Waals surface area contributed by atoms with Gasteiger partial charge >= 0.3 is 0 Å². The molecule has 0 unspecified atom stereocenters. The number of nitrogens with one attached hydrogen (secondary N) is 1. The monoisotopic (exact) mass is 325 g/mol. The lowest BCUT2D eigenvalue weighted by Gasteiger charge is -2.14. The Balaban J connectivity index is 2.67. The Bertz CT molecular complexity index is 467. The average molecular weight is 325 g/mol. The zero-order chi connectivity index (χ0) is 16.2. The third-order valence-electron chi connectivity index (χ3n) is 2.86. The van der Waals surface area contributed by atoms with Crippen molar-refractivity contribution < 1.29 is 9.47 Å². The van der Waals surface area contributed by atoms with Gasteiger partial charge in [0.05, 0.1) is 18.9 Å². The fraction of sp³-hybridized carbons (Fsp3) is 0.562. The molecular formula is C16H27N3O2S. The van der Waals surface area contributed by atoms with Crippen molar-refractivity contribution in [3.8, 4) is 11.5 Å². The minimum Gasteiger partial charge on any atom is -0.494 e. The molecular weight excluding hydrogens is 298 g/mol. The average Bonchev–Trinajstić information content (AvgIpc) is 2.50. The summed E-state index contributed by atoms with van der Waals surface area (Å²) in [5, 5.41) is 3.10. The maximum atomic E-state index is 5.95. The van der Waals surface area contributed by atoms with E-state index >= 15 is 0 Å². The fourth-order valence-corrected chi connectivity index (χ4v) is 2.37. The van der Waals surface area contributed by atoms with E-state index in [-0.39, 0.29) is 0 Å². The van der Waals surface area contributed by atoms with Crippen LogP contribution in [0.5, 0.6) is 11.5 Å². The van der Waals surface area contributed by atoms with Gasteiger partial charge in [-0.05, 0) is 50.8 Å². The molecule has 0 fully saturated rings. The van der Waals surface area contributed by atoms with E-state index in [4.69, 9.17) is 15.2 Å². The Morgan fingerprint density at radius 1 is 1.23 bits per heavy atom. The molecule has 0 amide bonds. The van der Waals surface area contributed by atoms with Gasteiger partial charge in [0, 0.05) is 12.6 Å². The van der Waals surface area contributed by atoms with Gasteiger partial charge in [0.1, 0.15) is 11.5 Å². The SMILES string of the molecule is CCOc1ccc(OCC)c(NC(N)=NCCCCSC)c1. The second-order valence-electron chi connectivity index (χ2n) is 4.62. The number of benzene rings is 1. The molecule has 0 bridgehead atoms. The molecule has 0 saturated heterocycles. The molecule has 5 nitrogen and oxygen atoms in total. The number of hydrogen-bond donors (Lipinski definition) is 2. The first kappa shape index (κ1) is 18.5. The predicted molar refractivity (Wildman–Crippen MR) is 96.5 cm³/mol. The van der Waals surface area contributed by atoms with Crippen LogP contribution in [0.3, 0.4) is 0 Å². The number of guanidine groups is 1. The second-order valence-corrected chi connectivity index (χ2v) is 5.60. The largest absolute Gasteiger partial charge is 0.494 e. The normalized spacial score (nSPS) is 11.3. The predicted octanol–water partition coefficient (Wildman–Crippen LogP) is 3.35. The Morgan fingerprint density at radius 2 is 2.00 bits per heavy atom. The number of hydrogen-bond acceptors (Lipinski definition) is 4. The topological polar surface area (TPSA) is 68.9 Å². The number of aliphatic imine (C=N–C) groups is 1. The third kappa shape index (κ3) is 6.93. The highest BCUT2D eigenvalue weighted by Gasteiger charge is 2.07. The first-order valence-electron chi connectivity index (χ1n) is 7.66. The van der Waals surface area contributed by atoms with Crippen molar-refractivity contribution in [1.82, 2.24) is 0 Å². The molecule has 124 valence electrons. The smallest absolute Gasteiger partial charge is 0.193 e. The zero-order valence-corrected chi connectivity index (χ0v) is 14.5. The van der Waals surface area contributed by atoms with Gasteiger partial charge in [-0.3, -0.25) is 4.99 Å². The Kier molecular flexibility index (Phi) is 9.30. The lowest BCUT2D eigenvalue weighted by Crippen LogP contribution is -2.23. The molecule has 0 heterocycles. The third-order valence-corrected chi connectivity index (χ3v) is 3.56. The molecule has 0 spiro atoms. The summed E-state index contributed by atoms with van der Waals surface area (Å²) in [4.78, 5) is 4.35. The minimum atomic E-state index is 0.402. The molecule has 0 aliphatic carbocycles. The van der Waals surface area contributed by atoms with Gasteiger partial charge in [-0.2, -0.15) is 11.8 Å². The number of rotatable bonds is 10. The van der Waals surface area contributed by atoms with Crippen LogP contribution in [-0.4, -0.2) is 37.7 Å². The highest BCUT2D eigenvalue weighted by molar-refractivity contribution is 7.98. The van der Waals surface area contributed by atoms with Gasteiger partial charge in [-0.1, -0.05) is 0 Å². The summed E-state index contributed by atoms with van der Waals surface area (Å²) in [5.74, 6) is 3.08. The van der Waals surface area contributed by atoms with Crippen LogP contribution in [0.2, 0.25) is 0 Å². The molecule has 1 aromatic carbocycles. The number of ether oxygens (including phenoxy) is 2. The highest BCUT2D eigenvalue weighted by Crippen LogP contribution is 2.29. The molecule has 22 heavy (non-hydrogen) atoms. The van der Waals surface area contributed by atoms with Crippen LogP contribution in [0, 0.1) is 0 Å². The lowest BCUT2D eigenvalue weighted by atomic mass is 10.2. The first-order chi connectivity index (χ1) is 10.7. The molecule has 1 rings (SSSR count). The van der Waals surface area contributed by atoms with E-state index in [1.54, 1.807) is 0 Å². The molecule has 3 N–H and O–H groups in total. The van der Waals surface area contributed by atoms with Crippen molar-refractivity contribution in [2.24, 2.45) is 10.7 Å². The lowest BCUT2D eigenvalue weighted by molar-refractivity contribution is 0.332. The quantitative estimate of drug-likeness (QED) is 0.392. The summed E-state index contributed by atoms with van der Waals surface area (Å²) in [5.41, 5.74) is 6.72. The van der Waals surface area contributed by atoms with Crippen molar-refractivity contribution in [3.63, 3.8) is 0 Å². The summed E-state index contributed by atoms with van der Waals surface area (Å²) in [6.45, 7) is 5.84. The van der Waals surface area contributed by atoms with Crippen molar-refractivity contribution in [2.45, 2.75) is 26.7 Å². The summed E-state index contributed by atoms with van der Waals surface area (Å²) >= 11 is 1.85. The maximum absolute atomic E-state index is 5.95. The van der Waals surface area contributed by atoms with Crippen LogP contribution >= 0.6 is 11.8 Å². The molecule has 0 aliphatic heterocycles. The maximum Gasteiger partial charge on any atom is 0.193 e. The van der Waals surface area contributed by atoms with E-state index in [0.717, 1.165) is 42.3 Å². The molecule has 6 heteroatoms. The van der Waals surface area contributed by atoms with E-state index in [1.165, 1.54) is 0 Å². The van der Waals surface area contributed by atoms with Crippen molar-refractivity contribution in [1.29, 1.82) is 0 Å². The summed E-state index contributed by atoms with van der Waals surface area (Å²) in [6.07, 6.45) is 4.31. The summed E-state index contributed by atoms with van der Waals surface area (Å²) in [6, 6.07) is 5.64. The van der Waals surface area contributed by atoms with E-state index < -0.39 is 0 Å². The first-order valence-corrected chi connectivity index (χ1v) is 9.06. The van der Waals surface area contributed by atoms with Crippen molar-refractivity contribution in [3.05, 3.63) is 18.2 Å². The van der Waals surface area contributed by atoms with E-state index in [2.05, 4.69) is 16.6 Å². The van der Waals surface area contributed by atoms with Crippen molar-refractivity contribution >= 4 is 23.4 Å². The van der Waals surface area contributed by atoms with Gasteiger partial charge in [0.2, 0.25) is 0 Å². The van der Waals surface area contributed by atoms with E-state index in [1.807, 2.05) is 43.8 Å². The van der Waals surface area contributed by atoms with Crippen LogP contribution in [-0.2, 0) is 0 Å². The molecule has 0 aliphatic rings. The number of anilines is 1. The fourth-order valence-electron chi connectivity index (χ4n) is 1.88. The van der Waals surface area contributed by atoms with Crippen LogP contribution in [0.1, 0.15) is 26.7 Å². The summed E-state index contributed by atoms with van der Waals surface area (Å²) in [7, 11) is 0. The molecule has 0 aromatic heterocycles. The van der Waals surface area contributed by atoms with Gasteiger partial charge in [-0.15, -0.1) is 0 Å². The minimum absolute atomic E-state index is 0.402. The van der Waals surface area contributed by atoms with E-state index in [0.29, 0.717) is 19.2 Å². The number of nitrogens with two attached hydrogens (primary N) is 1. The zero-order valence-electron chi connectivity index (χ0n) is 13.7. The Labute approximate surface area is 137 Å². The molecule has 1 aromatic rings. The molecule has 0 atom stereocenters. The Hall–Kier alpha value is -1.56. The number of unbranched alkanes of at least 4 members (excludes halogenated alkanes) is 1. The van der Waals surface area contributed by atoms with Gasteiger partial charge < -0.3 is 20.5 Å². The Morgan fingerprint density at radius 3 is 2.68 bits per heavy atom. The van der Waals surface area contributed by atoms with Gasteiger partial charge in [-0.25, -0.2) is 0 Å². The second kappa shape index (κ2) is 11.1. The highest BCUT2D eigenvalue weighted by atomic mass is 32.2. The molecule has 0 saturated carbocycles. The van der Waals surface area contributed by atoms with Crippen LogP contribution < -0.4 is 20.5 Å².